The molecule has 0 amide bonds. The van der Waals surface area contributed by atoms with Gasteiger partial charge in [-0.25, -0.2) is 0 Å². The molecule has 1 aromatic carbocycles. The van der Waals surface area contributed by atoms with Gasteiger partial charge in [0.25, 0.3) is 0 Å². The van der Waals surface area contributed by atoms with Crippen LogP contribution in [0.4, 0.5) is 0 Å². The fraction of sp³-hybridized carbons (Fsp3) is 0.500. The molecular weight excluding hydrogens is 144 g/mol. The van der Waals surface area contributed by atoms with Crippen LogP contribution in [0.15, 0.2) is 30.3 Å². The zero-order chi connectivity index (χ0) is 9.82. The summed E-state index contributed by atoms with van der Waals surface area (Å²) >= 11 is 0. The molecule has 0 unspecified atom stereocenters. The number of aryl methyl sites for hydroxylation is 1. The summed E-state index contributed by atoms with van der Waals surface area (Å²) in [6.07, 6.45) is 1.14. The Hall–Kier alpha value is -0.780. The maximum absolute atomic E-state index is 2.16. The summed E-state index contributed by atoms with van der Waals surface area (Å²) in [5, 5.41) is 0. The van der Waals surface area contributed by atoms with E-state index >= 15 is 0 Å². The van der Waals surface area contributed by atoms with E-state index in [1.807, 2.05) is 33.8 Å². The lowest BCUT2D eigenvalue weighted by molar-refractivity contribution is 1.14. The molecular formula is C12H22. The number of rotatable bonds is 1. The molecule has 1 rings (SSSR count). The lowest BCUT2D eigenvalue weighted by Crippen LogP contribution is -1.73. The quantitative estimate of drug-likeness (QED) is 0.583. The van der Waals surface area contributed by atoms with Crippen LogP contribution < -0.4 is 0 Å². The molecule has 0 aliphatic carbocycles. The molecule has 1 aromatic rings. The molecule has 0 heterocycles. The summed E-state index contributed by atoms with van der Waals surface area (Å²) in [6, 6.07) is 10.5. The number of hydrogen-bond acceptors (Lipinski definition) is 0. The highest BCUT2D eigenvalue weighted by Crippen LogP contribution is 1.96. The van der Waals surface area contributed by atoms with E-state index in [1.165, 1.54) is 5.56 Å². The number of benzene rings is 1. The average molecular weight is 166 g/mol. The molecule has 0 radical (unpaired) electrons. The van der Waals surface area contributed by atoms with Gasteiger partial charge in [0.05, 0.1) is 0 Å². The van der Waals surface area contributed by atoms with Gasteiger partial charge in [-0.2, -0.15) is 0 Å². The van der Waals surface area contributed by atoms with Crippen LogP contribution in [0.1, 0.15) is 40.2 Å². The Morgan fingerprint density at radius 1 is 0.833 bits per heavy atom. The summed E-state index contributed by atoms with van der Waals surface area (Å²) in [5.74, 6) is 0. The molecule has 0 aromatic heterocycles. The summed E-state index contributed by atoms with van der Waals surface area (Å²) in [6.45, 7) is 10.2. The molecule has 0 fully saturated rings. The second-order valence-corrected chi connectivity index (χ2v) is 1.84. The second-order valence-electron chi connectivity index (χ2n) is 1.84. The maximum Gasteiger partial charge on any atom is -0.0307 e. The topological polar surface area (TPSA) is 0 Å². The van der Waals surface area contributed by atoms with Crippen LogP contribution in [0.2, 0.25) is 0 Å². The first-order valence-electron chi connectivity index (χ1n) is 4.97. The Labute approximate surface area is 77.6 Å². The van der Waals surface area contributed by atoms with Crippen molar-refractivity contribution in [2.24, 2.45) is 0 Å². The predicted octanol–water partition coefficient (Wildman–Crippen LogP) is 4.30. The molecule has 0 aliphatic heterocycles. The van der Waals surface area contributed by atoms with Crippen LogP contribution in [0.3, 0.4) is 0 Å². The highest BCUT2D eigenvalue weighted by Gasteiger charge is 1.79. The van der Waals surface area contributed by atoms with Crippen molar-refractivity contribution in [3.8, 4) is 0 Å². The highest BCUT2D eigenvalue weighted by atomic mass is 13.9. The second kappa shape index (κ2) is 12.9. The van der Waals surface area contributed by atoms with E-state index in [4.69, 9.17) is 0 Å². The van der Waals surface area contributed by atoms with E-state index in [0.717, 1.165) is 6.42 Å². The van der Waals surface area contributed by atoms with Crippen LogP contribution in [-0.2, 0) is 6.42 Å². The van der Waals surface area contributed by atoms with Gasteiger partial charge in [-0.1, -0.05) is 65.0 Å². The fourth-order valence-corrected chi connectivity index (χ4v) is 0.714. The Kier molecular flexibility index (Phi) is 14.8. The predicted molar refractivity (Wildman–Crippen MR) is 58.5 cm³/mol. The summed E-state index contributed by atoms with van der Waals surface area (Å²) in [4.78, 5) is 0. The van der Waals surface area contributed by atoms with Crippen LogP contribution in [0, 0.1) is 0 Å². The van der Waals surface area contributed by atoms with Gasteiger partial charge >= 0.3 is 0 Å². The molecule has 0 aliphatic rings. The van der Waals surface area contributed by atoms with E-state index in [9.17, 15) is 0 Å². The molecule has 0 saturated heterocycles. The SMILES string of the molecule is CC.CC.CCc1ccccc1. The van der Waals surface area contributed by atoms with Crippen LogP contribution in [-0.4, -0.2) is 0 Å². The van der Waals surface area contributed by atoms with Crippen molar-refractivity contribution in [2.45, 2.75) is 41.0 Å². The standard InChI is InChI=1S/C8H10.2C2H6/c1-2-8-6-4-3-5-7-8;2*1-2/h3-7H,2H2,1H3;2*1-2H3. The first-order chi connectivity index (χ1) is 5.93. The van der Waals surface area contributed by atoms with Crippen molar-refractivity contribution in [3.63, 3.8) is 0 Å². The van der Waals surface area contributed by atoms with E-state index < -0.39 is 0 Å². The summed E-state index contributed by atoms with van der Waals surface area (Å²) < 4.78 is 0. The van der Waals surface area contributed by atoms with Gasteiger partial charge in [0.15, 0.2) is 0 Å². The van der Waals surface area contributed by atoms with Crippen molar-refractivity contribution in [1.82, 2.24) is 0 Å². The van der Waals surface area contributed by atoms with Gasteiger partial charge in [-0.3, -0.25) is 0 Å². The molecule has 70 valence electrons. The van der Waals surface area contributed by atoms with Crippen molar-refractivity contribution in [2.75, 3.05) is 0 Å². The normalized spacial score (nSPS) is 7.08. The average Bonchev–Trinajstić information content (AvgIpc) is 2.25. The van der Waals surface area contributed by atoms with Crippen molar-refractivity contribution < 1.29 is 0 Å². The molecule has 0 saturated carbocycles. The lowest BCUT2D eigenvalue weighted by Gasteiger charge is -1.89. The fourth-order valence-electron chi connectivity index (χ4n) is 0.714. The minimum Gasteiger partial charge on any atom is -0.0683 e. The maximum atomic E-state index is 2.16. The Balaban J connectivity index is 0. The summed E-state index contributed by atoms with van der Waals surface area (Å²) in [7, 11) is 0. The van der Waals surface area contributed by atoms with Crippen LogP contribution >= 0.6 is 0 Å². The first-order valence-corrected chi connectivity index (χ1v) is 4.97. The Morgan fingerprint density at radius 2 is 1.25 bits per heavy atom. The smallest absolute Gasteiger partial charge is 0.0307 e. The Bertz CT molecular complexity index is 141. The third-order valence-corrected chi connectivity index (χ3v) is 1.25. The van der Waals surface area contributed by atoms with Gasteiger partial charge in [-0.05, 0) is 12.0 Å². The van der Waals surface area contributed by atoms with Gasteiger partial charge in [-0.15, -0.1) is 0 Å². The largest absolute Gasteiger partial charge is 0.0683 e. The zero-order valence-electron chi connectivity index (χ0n) is 9.09. The summed E-state index contributed by atoms with van der Waals surface area (Å²) in [5.41, 5.74) is 1.41. The monoisotopic (exact) mass is 166 g/mol. The molecule has 0 N–H and O–H groups in total. The third-order valence-electron chi connectivity index (χ3n) is 1.25. The first kappa shape index (κ1) is 13.8. The zero-order valence-corrected chi connectivity index (χ0v) is 9.09. The molecule has 0 nitrogen and oxygen atoms in total. The van der Waals surface area contributed by atoms with Crippen molar-refractivity contribution in [1.29, 1.82) is 0 Å². The van der Waals surface area contributed by atoms with Gasteiger partial charge in [0, 0.05) is 0 Å². The van der Waals surface area contributed by atoms with Crippen LogP contribution in [0.5, 0.6) is 0 Å². The van der Waals surface area contributed by atoms with Crippen LogP contribution in [0.25, 0.3) is 0 Å². The van der Waals surface area contributed by atoms with Crippen molar-refractivity contribution in [3.05, 3.63) is 35.9 Å². The minimum absolute atomic E-state index is 1.14. The van der Waals surface area contributed by atoms with Gasteiger partial charge < -0.3 is 0 Å². The van der Waals surface area contributed by atoms with E-state index in [2.05, 4.69) is 31.2 Å². The highest BCUT2D eigenvalue weighted by molar-refractivity contribution is 5.13. The van der Waals surface area contributed by atoms with E-state index in [1.54, 1.807) is 0 Å². The van der Waals surface area contributed by atoms with E-state index in [-0.39, 0.29) is 0 Å². The molecule has 0 spiro atoms. The third kappa shape index (κ3) is 7.33. The number of hydrogen-bond donors (Lipinski definition) is 0. The minimum atomic E-state index is 1.14. The Morgan fingerprint density at radius 3 is 1.50 bits per heavy atom. The van der Waals surface area contributed by atoms with Crippen molar-refractivity contribution >= 4 is 0 Å². The van der Waals surface area contributed by atoms with Gasteiger partial charge in [0.1, 0.15) is 0 Å². The van der Waals surface area contributed by atoms with E-state index in [0.29, 0.717) is 0 Å². The van der Waals surface area contributed by atoms with Gasteiger partial charge in [0.2, 0.25) is 0 Å². The molecule has 0 heteroatoms. The molecule has 0 bridgehead atoms. The molecule has 12 heavy (non-hydrogen) atoms. The lowest BCUT2D eigenvalue weighted by atomic mass is 10.2. The molecule has 0 atom stereocenters.